The van der Waals surface area contributed by atoms with Gasteiger partial charge < -0.3 is 9.30 Å². The summed E-state index contributed by atoms with van der Waals surface area (Å²) in [6.45, 7) is 0.576. The molecule has 0 saturated carbocycles. The zero-order chi connectivity index (χ0) is 11.4. The molecule has 4 heteroatoms. The standard InChI is InChI=1S/C12H11N3O/c1-16-12-6-2-4-10(14-12)9-15-7-3-5-11(15)8-13/h2-7H,9H2,1H3. The number of nitrogens with zero attached hydrogens (tertiary/aromatic N) is 3. The van der Waals surface area contributed by atoms with Crippen LogP contribution in [0.5, 0.6) is 5.88 Å². The predicted octanol–water partition coefficient (Wildman–Crippen LogP) is 1.81. The average Bonchev–Trinajstić information content (AvgIpc) is 2.76. The van der Waals surface area contributed by atoms with Crippen LogP contribution in [0.15, 0.2) is 36.5 Å². The van der Waals surface area contributed by atoms with E-state index in [2.05, 4.69) is 11.1 Å². The molecule has 0 atom stereocenters. The molecule has 2 rings (SSSR count). The predicted molar refractivity (Wildman–Crippen MR) is 59.0 cm³/mol. The summed E-state index contributed by atoms with van der Waals surface area (Å²) in [6, 6.07) is 11.3. The van der Waals surface area contributed by atoms with Crippen molar-refractivity contribution in [2.24, 2.45) is 0 Å². The Hall–Kier alpha value is -2.28. The van der Waals surface area contributed by atoms with Gasteiger partial charge in [0.25, 0.3) is 0 Å². The van der Waals surface area contributed by atoms with Gasteiger partial charge in [0.2, 0.25) is 5.88 Å². The van der Waals surface area contributed by atoms with Crippen molar-refractivity contribution in [3.05, 3.63) is 47.9 Å². The SMILES string of the molecule is COc1cccc(Cn2cccc2C#N)n1. The molecule has 0 aromatic carbocycles. The van der Waals surface area contributed by atoms with E-state index >= 15 is 0 Å². The highest BCUT2D eigenvalue weighted by Gasteiger charge is 2.02. The lowest BCUT2D eigenvalue weighted by atomic mass is 10.3. The van der Waals surface area contributed by atoms with Crippen LogP contribution in [-0.4, -0.2) is 16.7 Å². The molecule has 0 saturated heterocycles. The molecule has 16 heavy (non-hydrogen) atoms. The van der Waals surface area contributed by atoms with Crippen LogP contribution >= 0.6 is 0 Å². The number of aromatic nitrogens is 2. The van der Waals surface area contributed by atoms with Crippen molar-refractivity contribution in [2.45, 2.75) is 6.54 Å². The lowest BCUT2D eigenvalue weighted by Gasteiger charge is -2.05. The van der Waals surface area contributed by atoms with Crippen molar-refractivity contribution in [3.63, 3.8) is 0 Å². The van der Waals surface area contributed by atoms with Gasteiger partial charge >= 0.3 is 0 Å². The Morgan fingerprint density at radius 1 is 1.38 bits per heavy atom. The molecule has 0 aliphatic carbocycles. The molecule has 2 aromatic heterocycles. The summed E-state index contributed by atoms with van der Waals surface area (Å²) in [6.07, 6.45) is 1.86. The van der Waals surface area contributed by atoms with Crippen molar-refractivity contribution < 1.29 is 4.74 Å². The van der Waals surface area contributed by atoms with E-state index in [1.807, 2.05) is 29.0 Å². The Morgan fingerprint density at radius 3 is 3.00 bits per heavy atom. The van der Waals surface area contributed by atoms with E-state index in [0.29, 0.717) is 18.1 Å². The van der Waals surface area contributed by atoms with Crippen molar-refractivity contribution in [3.8, 4) is 11.9 Å². The maximum Gasteiger partial charge on any atom is 0.213 e. The third kappa shape index (κ3) is 2.04. The summed E-state index contributed by atoms with van der Waals surface area (Å²) in [7, 11) is 1.59. The summed E-state index contributed by atoms with van der Waals surface area (Å²) >= 11 is 0. The second-order valence-corrected chi connectivity index (χ2v) is 3.30. The van der Waals surface area contributed by atoms with Gasteiger partial charge in [0.05, 0.1) is 19.3 Å². The first kappa shape index (κ1) is 10.2. The van der Waals surface area contributed by atoms with E-state index < -0.39 is 0 Å². The number of methoxy groups -OCH3 is 1. The normalized spacial score (nSPS) is 9.75. The number of pyridine rings is 1. The molecule has 0 radical (unpaired) electrons. The highest BCUT2D eigenvalue weighted by molar-refractivity contribution is 5.24. The third-order valence-corrected chi connectivity index (χ3v) is 2.27. The van der Waals surface area contributed by atoms with Gasteiger partial charge in [0.1, 0.15) is 11.8 Å². The molecule has 0 aliphatic heterocycles. The minimum Gasteiger partial charge on any atom is -0.481 e. The van der Waals surface area contributed by atoms with Crippen molar-refractivity contribution in [2.75, 3.05) is 7.11 Å². The molecule has 0 aliphatic rings. The van der Waals surface area contributed by atoms with Crippen LogP contribution in [0.25, 0.3) is 0 Å². The number of rotatable bonds is 3. The van der Waals surface area contributed by atoms with Crippen LogP contribution in [0.4, 0.5) is 0 Å². The quantitative estimate of drug-likeness (QED) is 0.781. The van der Waals surface area contributed by atoms with Gasteiger partial charge in [-0.15, -0.1) is 0 Å². The van der Waals surface area contributed by atoms with Crippen LogP contribution < -0.4 is 4.74 Å². The van der Waals surface area contributed by atoms with Crippen molar-refractivity contribution in [1.29, 1.82) is 5.26 Å². The summed E-state index contributed by atoms with van der Waals surface area (Å²) in [5.74, 6) is 0.586. The molecule has 0 fully saturated rings. The summed E-state index contributed by atoms with van der Waals surface area (Å²) in [4.78, 5) is 4.29. The minimum atomic E-state index is 0.576. The lowest BCUT2D eigenvalue weighted by molar-refractivity contribution is 0.396. The van der Waals surface area contributed by atoms with Crippen LogP contribution in [-0.2, 0) is 6.54 Å². The molecule has 0 amide bonds. The van der Waals surface area contributed by atoms with Gasteiger partial charge in [0, 0.05) is 12.3 Å². The first-order valence-corrected chi connectivity index (χ1v) is 4.88. The Bertz CT molecular complexity index is 525. The summed E-state index contributed by atoms with van der Waals surface area (Å²) < 4.78 is 6.89. The van der Waals surface area contributed by atoms with Gasteiger partial charge in [-0.1, -0.05) is 6.07 Å². The Morgan fingerprint density at radius 2 is 2.25 bits per heavy atom. The van der Waals surface area contributed by atoms with E-state index in [-0.39, 0.29) is 0 Å². The smallest absolute Gasteiger partial charge is 0.213 e. The molecule has 0 N–H and O–H groups in total. The van der Waals surface area contributed by atoms with E-state index in [0.717, 1.165) is 5.69 Å². The molecule has 2 aromatic rings. The summed E-state index contributed by atoms with van der Waals surface area (Å²) in [5.41, 5.74) is 1.50. The number of hydrogen-bond acceptors (Lipinski definition) is 3. The Labute approximate surface area is 93.7 Å². The molecule has 0 bridgehead atoms. The molecule has 80 valence electrons. The molecular formula is C12H11N3O. The monoisotopic (exact) mass is 213 g/mol. The van der Waals surface area contributed by atoms with E-state index in [9.17, 15) is 0 Å². The van der Waals surface area contributed by atoms with Gasteiger partial charge in [-0.05, 0) is 18.2 Å². The first-order chi connectivity index (χ1) is 7.83. The second-order valence-electron chi connectivity index (χ2n) is 3.30. The Kier molecular flexibility index (Phi) is 2.88. The molecular weight excluding hydrogens is 202 g/mol. The van der Waals surface area contributed by atoms with Crippen LogP contribution in [0, 0.1) is 11.3 Å². The fraction of sp³-hybridized carbons (Fsp3) is 0.167. The van der Waals surface area contributed by atoms with Crippen molar-refractivity contribution in [1.82, 2.24) is 9.55 Å². The topological polar surface area (TPSA) is 50.8 Å². The van der Waals surface area contributed by atoms with Gasteiger partial charge in [0.15, 0.2) is 0 Å². The first-order valence-electron chi connectivity index (χ1n) is 4.88. The molecule has 0 spiro atoms. The zero-order valence-electron chi connectivity index (χ0n) is 8.92. The van der Waals surface area contributed by atoms with Gasteiger partial charge in [-0.2, -0.15) is 5.26 Å². The fourth-order valence-corrected chi connectivity index (χ4v) is 1.49. The zero-order valence-corrected chi connectivity index (χ0v) is 8.92. The maximum atomic E-state index is 8.87. The minimum absolute atomic E-state index is 0.576. The van der Waals surface area contributed by atoms with Crippen LogP contribution in [0.3, 0.4) is 0 Å². The summed E-state index contributed by atoms with van der Waals surface area (Å²) in [5, 5.41) is 8.87. The van der Waals surface area contributed by atoms with Gasteiger partial charge in [-0.3, -0.25) is 0 Å². The molecule has 0 unspecified atom stereocenters. The Balaban J connectivity index is 2.24. The number of nitriles is 1. The van der Waals surface area contributed by atoms with E-state index in [4.69, 9.17) is 10.00 Å². The molecule has 2 heterocycles. The average molecular weight is 213 g/mol. The van der Waals surface area contributed by atoms with E-state index in [1.165, 1.54) is 0 Å². The fourth-order valence-electron chi connectivity index (χ4n) is 1.49. The van der Waals surface area contributed by atoms with Crippen molar-refractivity contribution >= 4 is 0 Å². The van der Waals surface area contributed by atoms with Gasteiger partial charge in [-0.25, -0.2) is 4.98 Å². The number of hydrogen-bond donors (Lipinski definition) is 0. The second kappa shape index (κ2) is 4.49. The lowest BCUT2D eigenvalue weighted by Crippen LogP contribution is -2.03. The number of ether oxygens (including phenoxy) is 1. The highest BCUT2D eigenvalue weighted by Crippen LogP contribution is 2.09. The third-order valence-electron chi connectivity index (χ3n) is 2.27. The van der Waals surface area contributed by atoms with E-state index in [1.54, 1.807) is 19.2 Å². The van der Waals surface area contributed by atoms with Crippen LogP contribution in [0.1, 0.15) is 11.4 Å². The van der Waals surface area contributed by atoms with Crippen LogP contribution in [0.2, 0.25) is 0 Å². The maximum absolute atomic E-state index is 8.87. The highest BCUT2D eigenvalue weighted by atomic mass is 16.5. The molecule has 4 nitrogen and oxygen atoms in total. The largest absolute Gasteiger partial charge is 0.481 e.